The van der Waals surface area contributed by atoms with Crippen molar-refractivity contribution in [1.29, 1.82) is 0 Å². The van der Waals surface area contributed by atoms with E-state index in [0.717, 1.165) is 25.7 Å². The molecule has 0 bridgehead atoms. The number of nitrogens with zero attached hydrogens (tertiary/aromatic N) is 1. The number of carboxylic acids is 1. The average molecular weight is 282 g/mol. The molecule has 2 aliphatic rings. The summed E-state index contributed by atoms with van der Waals surface area (Å²) in [5, 5.41) is 12.3. The van der Waals surface area contributed by atoms with Gasteiger partial charge in [0.25, 0.3) is 0 Å². The zero-order valence-corrected chi connectivity index (χ0v) is 11.9. The average Bonchev–Trinajstić information content (AvgIpc) is 2.62. The summed E-state index contributed by atoms with van der Waals surface area (Å²) in [5.41, 5.74) is -1.14. The third-order valence-corrected chi connectivity index (χ3v) is 4.44. The van der Waals surface area contributed by atoms with Gasteiger partial charge in [-0.05, 0) is 12.8 Å². The highest BCUT2D eigenvalue weighted by atomic mass is 16.4. The molecule has 1 heterocycles. The first-order chi connectivity index (χ1) is 9.44. The van der Waals surface area contributed by atoms with E-state index in [2.05, 4.69) is 5.32 Å². The molecule has 0 aromatic rings. The van der Waals surface area contributed by atoms with Crippen molar-refractivity contribution < 1.29 is 19.5 Å². The number of rotatable bonds is 3. The van der Waals surface area contributed by atoms with Crippen LogP contribution in [-0.2, 0) is 14.4 Å². The minimum Gasteiger partial charge on any atom is -0.480 e. The maximum Gasteiger partial charge on any atom is 0.329 e. The van der Waals surface area contributed by atoms with E-state index in [1.54, 1.807) is 7.05 Å². The standard InChI is InChI=1S/C14H22N2O4/c1-16-9-10(8-11(16)17)12(18)15-14(13(19)20)6-4-2-3-5-7-14/h10H,2-9H2,1H3,(H,15,18)(H,19,20). The first kappa shape index (κ1) is 14.8. The minimum atomic E-state index is -1.14. The Balaban J connectivity index is 2.06. The molecule has 1 unspecified atom stereocenters. The molecule has 0 aromatic heterocycles. The van der Waals surface area contributed by atoms with Gasteiger partial charge in [0.2, 0.25) is 11.8 Å². The highest BCUT2D eigenvalue weighted by Crippen LogP contribution is 2.28. The highest BCUT2D eigenvalue weighted by molar-refractivity contribution is 5.92. The molecule has 1 aliphatic heterocycles. The number of carbonyl (C=O) groups excluding carboxylic acids is 2. The molecule has 0 aromatic carbocycles. The predicted octanol–water partition coefficient (Wildman–Crippen LogP) is 0.758. The first-order valence-corrected chi connectivity index (χ1v) is 7.24. The van der Waals surface area contributed by atoms with Gasteiger partial charge in [-0.15, -0.1) is 0 Å². The SMILES string of the molecule is CN1CC(C(=O)NC2(C(=O)O)CCCCCC2)CC1=O. The lowest BCUT2D eigenvalue weighted by atomic mass is 9.89. The van der Waals surface area contributed by atoms with Crippen molar-refractivity contribution in [3.8, 4) is 0 Å². The van der Waals surface area contributed by atoms with Gasteiger partial charge in [-0.2, -0.15) is 0 Å². The van der Waals surface area contributed by atoms with Crippen LogP contribution >= 0.6 is 0 Å². The Bertz CT molecular complexity index is 413. The molecule has 1 aliphatic carbocycles. The van der Waals surface area contributed by atoms with Gasteiger partial charge in [0.15, 0.2) is 0 Å². The Kier molecular flexibility index (Phi) is 4.30. The van der Waals surface area contributed by atoms with E-state index in [4.69, 9.17) is 0 Å². The quantitative estimate of drug-likeness (QED) is 0.748. The van der Waals surface area contributed by atoms with Crippen molar-refractivity contribution in [1.82, 2.24) is 10.2 Å². The summed E-state index contributed by atoms with van der Waals surface area (Å²) >= 11 is 0. The monoisotopic (exact) mass is 282 g/mol. The lowest BCUT2D eigenvalue weighted by molar-refractivity contribution is -0.149. The van der Waals surface area contributed by atoms with Gasteiger partial charge in [-0.25, -0.2) is 4.79 Å². The molecule has 1 atom stereocenters. The fourth-order valence-corrected chi connectivity index (χ4v) is 3.10. The molecule has 2 N–H and O–H groups in total. The van der Waals surface area contributed by atoms with E-state index >= 15 is 0 Å². The van der Waals surface area contributed by atoms with Crippen LogP contribution < -0.4 is 5.32 Å². The summed E-state index contributed by atoms with van der Waals surface area (Å²) in [4.78, 5) is 36.9. The predicted molar refractivity (Wildman–Crippen MR) is 72.0 cm³/mol. The second kappa shape index (κ2) is 5.81. The molecule has 0 radical (unpaired) electrons. The van der Waals surface area contributed by atoms with Crippen LogP contribution in [0.1, 0.15) is 44.9 Å². The Morgan fingerprint density at radius 1 is 1.25 bits per heavy atom. The van der Waals surface area contributed by atoms with E-state index in [9.17, 15) is 19.5 Å². The number of carboxylic acid groups (broad SMARTS) is 1. The number of aliphatic carboxylic acids is 1. The van der Waals surface area contributed by atoms with Crippen LogP contribution in [0.15, 0.2) is 0 Å². The van der Waals surface area contributed by atoms with E-state index in [1.165, 1.54) is 4.90 Å². The molecular weight excluding hydrogens is 260 g/mol. The normalized spacial score (nSPS) is 26.1. The molecule has 20 heavy (non-hydrogen) atoms. The van der Waals surface area contributed by atoms with Crippen LogP contribution in [0.4, 0.5) is 0 Å². The Morgan fingerprint density at radius 3 is 2.30 bits per heavy atom. The number of likely N-dealkylation sites (tertiary alicyclic amines) is 1. The molecule has 6 heteroatoms. The molecule has 2 fully saturated rings. The fourth-order valence-electron chi connectivity index (χ4n) is 3.10. The highest BCUT2D eigenvalue weighted by Gasteiger charge is 2.42. The number of carbonyl (C=O) groups is 3. The van der Waals surface area contributed by atoms with E-state index < -0.39 is 17.4 Å². The molecule has 1 saturated heterocycles. The molecule has 2 amide bonds. The number of amides is 2. The molecule has 0 spiro atoms. The summed E-state index contributed by atoms with van der Waals surface area (Å²) in [5.74, 6) is -1.74. The lowest BCUT2D eigenvalue weighted by Crippen LogP contribution is -2.55. The third kappa shape index (κ3) is 2.94. The summed E-state index contributed by atoms with van der Waals surface area (Å²) in [6.07, 6.45) is 4.78. The van der Waals surface area contributed by atoms with E-state index in [-0.39, 0.29) is 18.2 Å². The van der Waals surface area contributed by atoms with Crippen molar-refractivity contribution in [2.75, 3.05) is 13.6 Å². The fraction of sp³-hybridized carbons (Fsp3) is 0.786. The van der Waals surface area contributed by atoms with Crippen molar-refractivity contribution in [3.63, 3.8) is 0 Å². The molecule has 112 valence electrons. The number of hydrogen-bond acceptors (Lipinski definition) is 3. The third-order valence-electron chi connectivity index (χ3n) is 4.44. The van der Waals surface area contributed by atoms with Crippen LogP contribution in [-0.4, -0.2) is 46.9 Å². The Hall–Kier alpha value is -1.59. The van der Waals surface area contributed by atoms with Crippen molar-refractivity contribution in [3.05, 3.63) is 0 Å². The number of nitrogens with one attached hydrogen (secondary N) is 1. The van der Waals surface area contributed by atoms with Gasteiger partial charge in [0, 0.05) is 20.0 Å². The van der Waals surface area contributed by atoms with Crippen molar-refractivity contribution in [2.45, 2.75) is 50.5 Å². The zero-order valence-electron chi connectivity index (χ0n) is 11.9. The van der Waals surface area contributed by atoms with E-state index in [1.807, 2.05) is 0 Å². The van der Waals surface area contributed by atoms with Crippen molar-refractivity contribution in [2.24, 2.45) is 5.92 Å². The smallest absolute Gasteiger partial charge is 0.329 e. The second-order valence-corrected chi connectivity index (χ2v) is 5.97. The van der Waals surface area contributed by atoms with Crippen LogP contribution in [0.5, 0.6) is 0 Å². The summed E-state index contributed by atoms with van der Waals surface area (Å²) in [7, 11) is 1.66. The summed E-state index contributed by atoms with van der Waals surface area (Å²) in [6, 6.07) is 0. The van der Waals surface area contributed by atoms with Gasteiger partial charge in [-0.1, -0.05) is 25.7 Å². The van der Waals surface area contributed by atoms with Crippen LogP contribution in [0, 0.1) is 5.92 Å². The Labute approximate surface area is 118 Å². The van der Waals surface area contributed by atoms with Crippen LogP contribution in [0.3, 0.4) is 0 Å². The van der Waals surface area contributed by atoms with Crippen molar-refractivity contribution >= 4 is 17.8 Å². The topological polar surface area (TPSA) is 86.7 Å². The van der Waals surface area contributed by atoms with E-state index in [0.29, 0.717) is 19.4 Å². The molecule has 2 rings (SSSR count). The largest absolute Gasteiger partial charge is 0.480 e. The maximum absolute atomic E-state index is 12.3. The first-order valence-electron chi connectivity index (χ1n) is 7.24. The van der Waals surface area contributed by atoms with Gasteiger partial charge in [0.1, 0.15) is 5.54 Å². The van der Waals surface area contributed by atoms with Gasteiger partial charge >= 0.3 is 5.97 Å². The molecule has 1 saturated carbocycles. The van der Waals surface area contributed by atoms with Crippen LogP contribution in [0.25, 0.3) is 0 Å². The van der Waals surface area contributed by atoms with Crippen LogP contribution in [0.2, 0.25) is 0 Å². The maximum atomic E-state index is 12.3. The number of hydrogen-bond donors (Lipinski definition) is 2. The van der Waals surface area contributed by atoms with Gasteiger partial charge in [0.05, 0.1) is 5.92 Å². The molecular formula is C14H22N2O4. The summed E-state index contributed by atoms with van der Waals surface area (Å²) < 4.78 is 0. The Morgan fingerprint density at radius 2 is 1.85 bits per heavy atom. The molecule has 6 nitrogen and oxygen atoms in total. The zero-order chi connectivity index (χ0) is 14.8. The van der Waals surface area contributed by atoms with Gasteiger partial charge in [-0.3, -0.25) is 9.59 Å². The second-order valence-electron chi connectivity index (χ2n) is 5.97. The summed E-state index contributed by atoms with van der Waals surface area (Å²) in [6.45, 7) is 0.375. The minimum absolute atomic E-state index is 0.0598. The lowest BCUT2D eigenvalue weighted by Gasteiger charge is -2.30. The van der Waals surface area contributed by atoms with Gasteiger partial charge < -0.3 is 15.3 Å².